The van der Waals surface area contributed by atoms with E-state index in [4.69, 9.17) is 11.5 Å². The molecule has 0 unspecified atom stereocenters. The molecule has 0 atom stereocenters. The van der Waals surface area contributed by atoms with Crippen LogP contribution in [-0.4, -0.2) is 30.9 Å². The number of hydrogen-bond acceptors (Lipinski definition) is 4. The molecule has 4 amide bonds. The molecule has 8 nitrogen and oxygen atoms in total. The Morgan fingerprint density at radius 3 is 2.26 bits per heavy atom. The Morgan fingerprint density at radius 1 is 1.05 bits per heavy atom. The van der Waals surface area contributed by atoms with E-state index in [-0.39, 0.29) is 13.1 Å². The van der Waals surface area contributed by atoms with E-state index in [2.05, 4.69) is 16.0 Å². The summed E-state index contributed by atoms with van der Waals surface area (Å²) in [5, 5.41) is 7.26. The molecule has 0 spiro atoms. The van der Waals surface area contributed by atoms with Crippen molar-refractivity contribution in [1.82, 2.24) is 5.32 Å². The smallest absolute Gasteiger partial charge is 0.316 e. The van der Waals surface area contributed by atoms with E-state index in [0.29, 0.717) is 11.4 Å². The lowest BCUT2D eigenvalue weighted by molar-refractivity contribution is -0.123. The van der Waals surface area contributed by atoms with Gasteiger partial charge >= 0.3 is 6.03 Å². The van der Waals surface area contributed by atoms with Gasteiger partial charge in [-0.25, -0.2) is 4.79 Å². The first-order chi connectivity index (χ1) is 9.01. The van der Waals surface area contributed by atoms with Crippen LogP contribution in [0.25, 0.3) is 0 Å². The maximum atomic E-state index is 11.5. The standard InChI is InChI=1S/C11H15N5O3/c12-5-9(17)14-6-10(18)15-7-2-1-3-8(4-7)16-11(13)19/h1-4H,5-6,12H2,(H,14,17)(H,15,18)(H3,13,16,19). The van der Waals surface area contributed by atoms with Crippen molar-refractivity contribution >= 4 is 29.2 Å². The van der Waals surface area contributed by atoms with Crippen LogP contribution >= 0.6 is 0 Å². The van der Waals surface area contributed by atoms with Crippen molar-refractivity contribution in [1.29, 1.82) is 0 Å². The van der Waals surface area contributed by atoms with E-state index in [9.17, 15) is 14.4 Å². The van der Waals surface area contributed by atoms with E-state index < -0.39 is 17.8 Å². The first kappa shape index (κ1) is 14.5. The second kappa shape index (κ2) is 6.97. The number of amides is 4. The number of rotatable bonds is 5. The van der Waals surface area contributed by atoms with Crippen LogP contribution in [0.3, 0.4) is 0 Å². The van der Waals surface area contributed by atoms with Gasteiger partial charge in [0, 0.05) is 11.4 Å². The van der Waals surface area contributed by atoms with Gasteiger partial charge in [0.2, 0.25) is 11.8 Å². The molecule has 1 rings (SSSR count). The highest BCUT2D eigenvalue weighted by Crippen LogP contribution is 2.14. The third-order valence-corrected chi connectivity index (χ3v) is 2.05. The average molecular weight is 265 g/mol. The van der Waals surface area contributed by atoms with Crippen molar-refractivity contribution in [3.05, 3.63) is 24.3 Å². The molecule has 102 valence electrons. The van der Waals surface area contributed by atoms with Crippen molar-refractivity contribution < 1.29 is 14.4 Å². The van der Waals surface area contributed by atoms with Gasteiger partial charge in [0.25, 0.3) is 0 Å². The Bertz CT molecular complexity index is 489. The van der Waals surface area contributed by atoms with Crippen molar-refractivity contribution in [2.45, 2.75) is 0 Å². The average Bonchev–Trinajstić information content (AvgIpc) is 2.35. The minimum atomic E-state index is -0.696. The Labute approximate surface area is 109 Å². The summed E-state index contributed by atoms with van der Waals surface area (Å²) in [5.74, 6) is -0.822. The largest absolute Gasteiger partial charge is 0.351 e. The molecule has 0 aliphatic carbocycles. The lowest BCUT2D eigenvalue weighted by Crippen LogP contribution is -2.36. The molecular formula is C11H15N5O3. The number of benzene rings is 1. The molecule has 1 aromatic carbocycles. The van der Waals surface area contributed by atoms with Gasteiger partial charge in [-0.2, -0.15) is 0 Å². The second-order valence-electron chi connectivity index (χ2n) is 3.60. The first-order valence-corrected chi connectivity index (χ1v) is 5.44. The van der Waals surface area contributed by atoms with Gasteiger partial charge in [-0.15, -0.1) is 0 Å². The molecule has 0 fully saturated rings. The van der Waals surface area contributed by atoms with Crippen LogP contribution in [0.5, 0.6) is 0 Å². The topological polar surface area (TPSA) is 139 Å². The minimum absolute atomic E-state index is 0.175. The Kier molecular flexibility index (Phi) is 5.30. The quantitative estimate of drug-likeness (QED) is 0.475. The maximum absolute atomic E-state index is 11.5. The molecule has 0 heterocycles. The van der Waals surface area contributed by atoms with Gasteiger partial charge in [0.05, 0.1) is 13.1 Å². The fourth-order valence-electron chi connectivity index (χ4n) is 1.27. The summed E-state index contributed by atoms with van der Waals surface area (Å²) in [7, 11) is 0. The van der Waals surface area contributed by atoms with Crippen LogP contribution in [0, 0.1) is 0 Å². The summed E-state index contributed by atoms with van der Waals surface area (Å²) in [5.41, 5.74) is 11.0. The highest BCUT2D eigenvalue weighted by atomic mass is 16.2. The van der Waals surface area contributed by atoms with Gasteiger partial charge in [0.1, 0.15) is 0 Å². The predicted molar refractivity (Wildman–Crippen MR) is 70.3 cm³/mol. The minimum Gasteiger partial charge on any atom is -0.351 e. The Hall–Kier alpha value is -2.61. The fraction of sp³-hybridized carbons (Fsp3) is 0.182. The third-order valence-electron chi connectivity index (χ3n) is 2.05. The Balaban J connectivity index is 2.54. The van der Waals surface area contributed by atoms with E-state index in [1.54, 1.807) is 18.2 Å². The normalized spacial score (nSPS) is 9.53. The summed E-state index contributed by atoms with van der Waals surface area (Å²) in [4.78, 5) is 33.0. The molecule has 0 bridgehead atoms. The summed E-state index contributed by atoms with van der Waals surface area (Å²) < 4.78 is 0. The van der Waals surface area contributed by atoms with E-state index >= 15 is 0 Å². The van der Waals surface area contributed by atoms with Crippen LogP contribution in [0.4, 0.5) is 16.2 Å². The van der Waals surface area contributed by atoms with Crippen LogP contribution in [-0.2, 0) is 9.59 Å². The van der Waals surface area contributed by atoms with Crippen LogP contribution < -0.4 is 27.4 Å². The molecule has 0 aromatic heterocycles. The summed E-state index contributed by atoms with van der Waals surface area (Å²) in [6, 6.07) is 5.73. The summed E-state index contributed by atoms with van der Waals surface area (Å²) in [6.45, 7) is -0.352. The molecule has 0 aliphatic rings. The number of anilines is 2. The van der Waals surface area contributed by atoms with Crippen molar-refractivity contribution in [3.8, 4) is 0 Å². The third kappa shape index (κ3) is 5.50. The zero-order valence-corrected chi connectivity index (χ0v) is 10.1. The predicted octanol–water partition coefficient (Wildman–Crippen LogP) is -0.809. The lowest BCUT2D eigenvalue weighted by atomic mass is 10.2. The van der Waals surface area contributed by atoms with E-state index in [0.717, 1.165) is 0 Å². The number of nitrogens with two attached hydrogens (primary N) is 2. The molecule has 7 N–H and O–H groups in total. The molecule has 0 saturated carbocycles. The molecule has 1 aromatic rings. The zero-order chi connectivity index (χ0) is 14.3. The van der Waals surface area contributed by atoms with Crippen LogP contribution in [0.1, 0.15) is 0 Å². The summed E-state index contributed by atoms with van der Waals surface area (Å²) >= 11 is 0. The molecule has 0 aliphatic heterocycles. The number of urea groups is 1. The number of primary amides is 1. The lowest BCUT2D eigenvalue weighted by Gasteiger charge is -2.08. The molecule has 0 saturated heterocycles. The van der Waals surface area contributed by atoms with Gasteiger partial charge in [0.15, 0.2) is 0 Å². The number of carbonyl (C=O) groups excluding carboxylic acids is 3. The second-order valence-corrected chi connectivity index (χ2v) is 3.60. The molecule has 19 heavy (non-hydrogen) atoms. The fourth-order valence-corrected chi connectivity index (χ4v) is 1.27. The van der Waals surface area contributed by atoms with Gasteiger partial charge in [-0.05, 0) is 18.2 Å². The number of nitrogens with one attached hydrogen (secondary N) is 3. The molecule has 0 radical (unpaired) electrons. The maximum Gasteiger partial charge on any atom is 0.316 e. The highest BCUT2D eigenvalue weighted by Gasteiger charge is 2.05. The molecular weight excluding hydrogens is 250 g/mol. The van der Waals surface area contributed by atoms with E-state index in [1.165, 1.54) is 6.07 Å². The van der Waals surface area contributed by atoms with Crippen LogP contribution in [0.15, 0.2) is 24.3 Å². The van der Waals surface area contributed by atoms with Crippen molar-refractivity contribution in [2.75, 3.05) is 23.7 Å². The van der Waals surface area contributed by atoms with Crippen LogP contribution in [0.2, 0.25) is 0 Å². The Morgan fingerprint density at radius 2 is 1.68 bits per heavy atom. The number of carbonyl (C=O) groups is 3. The van der Waals surface area contributed by atoms with Gasteiger partial charge in [-0.3, -0.25) is 9.59 Å². The summed E-state index contributed by atoms with van der Waals surface area (Å²) in [6.07, 6.45) is 0. The van der Waals surface area contributed by atoms with Crippen molar-refractivity contribution in [3.63, 3.8) is 0 Å². The SMILES string of the molecule is NCC(=O)NCC(=O)Nc1cccc(NC(N)=O)c1. The highest BCUT2D eigenvalue weighted by molar-refractivity contribution is 5.95. The van der Waals surface area contributed by atoms with Gasteiger partial charge in [-0.1, -0.05) is 6.07 Å². The van der Waals surface area contributed by atoms with E-state index in [1.807, 2.05) is 0 Å². The van der Waals surface area contributed by atoms with Gasteiger partial charge < -0.3 is 27.4 Å². The number of hydrogen-bond donors (Lipinski definition) is 5. The first-order valence-electron chi connectivity index (χ1n) is 5.44. The van der Waals surface area contributed by atoms with Crippen molar-refractivity contribution in [2.24, 2.45) is 11.5 Å². The zero-order valence-electron chi connectivity index (χ0n) is 10.1. The molecule has 8 heteroatoms. The monoisotopic (exact) mass is 265 g/mol.